The summed E-state index contributed by atoms with van der Waals surface area (Å²) in [5.41, 5.74) is 6.17. The van der Waals surface area contributed by atoms with Gasteiger partial charge in [-0.25, -0.2) is 0 Å². The number of aryl methyl sites for hydroxylation is 1. The molecule has 0 saturated heterocycles. The van der Waals surface area contributed by atoms with E-state index in [4.69, 9.17) is 5.84 Å². The Kier molecular flexibility index (Phi) is 3.17. The Morgan fingerprint density at radius 1 is 1.24 bits per heavy atom. The average Bonchev–Trinajstić information content (AvgIpc) is 3.19. The first-order valence-electron chi connectivity index (χ1n) is 6.92. The Morgan fingerprint density at radius 2 is 2.06 bits per heavy atom. The molecule has 1 fully saturated rings. The molecule has 3 N–H and O–H groups in total. The van der Waals surface area contributed by atoms with Crippen molar-refractivity contribution >= 4 is 0 Å². The molecule has 0 amide bonds. The van der Waals surface area contributed by atoms with Gasteiger partial charge in [0.05, 0.1) is 0 Å². The standard InChI is InChI=1S/C15H22N2/c16-17-15(10-11-8-9-11)14-7-3-5-12-4-1-2-6-13(12)14/h1-2,4,6,11,14-15,17H,3,5,7-10,16H2. The fourth-order valence-corrected chi connectivity index (χ4v) is 3.27. The molecular formula is C15H22N2. The third-order valence-corrected chi connectivity index (χ3v) is 4.40. The van der Waals surface area contributed by atoms with Gasteiger partial charge < -0.3 is 0 Å². The van der Waals surface area contributed by atoms with E-state index in [-0.39, 0.29) is 0 Å². The Bertz CT molecular complexity index is 384. The van der Waals surface area contributed by atoms with E-state index < -0.39 is 0 Å². The predicted molar refractivity (Wildman–Crippen MR) is 70.6 cm³/mol. The summed E-state index contributed by atoms with van der Waals surface area (Å²) in [6, 6.07) is 9.39. The van der Waals surface area contributed by atoms with Crippen molar-refractivity contribution in [3.05, 3.63) is 35.4 Å². The van der Waals surface area contributed by atoms with E-state index in [1.165, 1.54) is 38.5 Å². The fourth-order valence-electron chi connectivity index (χ4n) is 3.27. The van der Waals surface area contributed by atoms with Crippen LogP contribution in [-0.4, -0.2) is 6.04 Å². The molecule has 2 atom stereocenters. The normalized spacial score (nSPS) is 25.4. The number of hydrogen-bond donors (Lipinski definition) is 2. The number of nitrogens with two attached hydrogens (primary N) is 1. The largest absolute Gasteiger partial charge is 0.271 e. The van der Waals surface area contributed by atoms with Gasteiger partial charge in [0.2, 0.25) is 0 Å². The molecular weight excluding hydrogens is 208 g/mol. The fraction of sp³-hybridized carbons (Fsp3) is 0.600. The molecule has 17 heavy (non-hydrogen) atoms. The van der Waals surface area contributed by atoms with E-state index >= 15 is 0 Å². The minimum Gasteiger partial charge on any atom is -0.271 e. The Labute approximate surface area is 104 Å². The average molecular weight is 230 g/mol. The molecule has 3 rings (SSSR count). The van der Waals surface area contributed by atoms with E-state index in [2.05, 4.69) is 29.7 Å². The maximum Gasteiger partial charge on any atom is 0.0281 e. The molecule has 0 bridgehead atoms. The van der Waals surface area contributed by atoms with Crippen LogP contribution in [0.1, 0.15) is 49.1 Å². The number of hydrazine groups is 1. The summed E-state index contributed by atoms with van der Waals surface area (Å²) in [6.45, 7) is 0. The Morgan fingerprint density at radius 3 is 2.82 bits per heavy atom. The van der Waals surface area contributed by atoms with Gasteiger partial charge in [-0.05, 0) is 42.7 Å². The number of benzene rings is 1. The summed E-state index contributed by atoms with van der Waals surface area (Å²) in [5.74, 6) is 7.35. The lowest BCUT2D eigenvalue weighted by Crippen LogP contribution is -2.41. The van der Waals surface area contributed by atoms with E-state index in [0.717, 1.165) is 5.92 Å². The van der Waals surface area contributed by atoms with Crippen LogP contribution in [0.5, 0.6) is 0 Å². The molecule has 2 heteroatoms. The van der Waals surface area contributed by atoms with E-state index in [1.807, 2.05) is 0 Å². The first-order valence-corrected chi connectivity index (χ1v) is 6.92. The van der Waals surface area contributed by atoms with Crippen LogP contribution < -0.4 is 11.3 Å². The second-order valence-corrected chi connectivity index (χ2v) is 5.65. The predicted octanol–water partition coefficient (Wildman–Crippen LogP) is 2.74. The van der Waals surface area contributed by atoms with Crippen LogP contribution in [0.2, 0.25) is 0 Å². The van der Waals surface area contributed by atoms with Gasteiger partial charge >= 0.3 is 0 Å². The highest BCUT2D eigenvalue weighted by Crippen LogP contribution is 2.40. The van der Waals surface area contributed by atoms with Crippen molar-refractivity contribution in [2.45, 2.75) is 50.5 Å². The summed E-state index contributed by atoms with van der Waals surface area (Å²) >= 11 is 0. The van der Waals surface area contributed by atoms with Gasteiger partial charge in [0.25, 0.3) is 0 Å². The number of rotatable bonds is 4. The van der Waals surface area contributed by atoms with E-state index in [1.54, 1.807) is 11.1 Å². The van der Waals surface area contributed by atoms with Crippen LogP contribution in [0.3, 0.4) is 0 Å². The molecule has 0 radical (unpaired) electrons. The van der Waals surface area contributed by atoms with Gasteiger partial charge in [0.15, 0.2) is 0 Å². The van der Waals surface area contributed by atoms with Crippen molar-refractivity contribution in [3.8, 4) is 0 Å². The molecule has 0 aromatic heterocycles. The summed E-state index contributed by atoms with van der Waals surface area (Å²) in [7, 11) is 0. The minimum absolute atomic E-state index is 0.476. The van der Waals surface area contributed by atoms with Crippen molar-refractivity contribution < 1.29 is 0 Å². The topological polar surface area (TPSA) is 38.0 Å². The maximum atomic E-state index is 5.79. The van der Waals surface area contributed by atoms with Gasteiger partial charge in [0, 0.05) is 12.0 Å². The summed E-state index contributed by atoms with van der Waals surface area (Å²) in [5, 5.41) is 0. The lowest BCUT2D eigenvalue weighted by atomic mass is 9.77. The molecule has 92 valence electrons. The summed E-state index contributed by atoms with van der Waals surface area (Å²) in [6.07, 6.45) is 7.92. The van der Waals surface area contributed by atoms with Crippen LogP contribution in [0.25, 0.3) is 0 Å². The highest BCUT2D eigenvalue weighted by atomic mass is 15.2. The highest BCUT2D eigenvalue weighted by molar-refractivity contribution is 5.33. The smallest absolute Gasteiger partial charge is 0.0281 e. The van der Waals surface area contributed by atoms with Gasteiger partial charge in [-0.2, -0.15) is 0 Å². The molecule has 2 nitrogen and oxygen atoms in total. The van der Waals surface area contributed by atoms with Crippen molar-refractivity contribution in [1.82, 2.24) is 5.43 Å². The molecule has 2 aliphatic carbocycles. The van der Waals surface area contributed by atoms with Crippen LogP contribution in [0, 0.1) is 5.92 Å². The third kappa shape index (κ3) is 2.38. The van der Waals surface area contributed by atoms with Crippen LogP contribution in [0.15, 0.2) is 24.3 Å². The quantitative estimate of drug-likeness (QED) is 0.616. The van der Waals surface area contributed by atoms with E-state index in [9.17, 15) is 0 Å². The zero-order valence-electron chi connectivity index (χ0n) is 10.4. The Balaban J connectivity index is 1.82. The number of fused-ring (bicyclic) bond motifs is 1. The molecule has 2 unspecified atom stereocenters. The number of hydrogen-bond acceptors (Lipinski definition) is 2. The van der Waals surface area contributed by atoms with Gasteiger partial charge in [0.1, 0.15) is 0 Å². The monoisotopic (exact) mass is 230 g/mol. The second-order valence-electron chi connectivity index (χ2n) is 5.65. The third-order valence-electron chi connectivity index (χ3n) is 4.40. The van der Waals surface area contributed by atoms with Gasteiger partial charge in [-0.3, -0.25) is 11.3 Å². The molecule has 2 aliphatic rings. The van der Waals surface area contributed by atoms with Crippen molar-refractivity contribution in [3.63, 3.8) is 0 Å². The maximum absolute atomic E-state index is 5.79. The molecule has 0 spiro atoms. The van der Waals surface area contributed by atoms with Crippen molar-refractivity contribution in [2.24, 2.45) is 11.8 Å². The second kappa shape index (κ2) is 4.79. The van der Waals surface area contributed by atoms with Gasteiger partial charge in [-0.1, -0.05) is 37.1 Å². The zero-order chi connectivity index (χ0) is 11.7. The zero-order valence-corrected chi connectivity index (χ0v) is 10.4. The van der Waals surface area contributed by atoms with E-state index in [0.29, 0.717) is 12.0 Å². The minimum atomic E-state index is 0.476. The molecule has 0 aliphatic heterocycles. The summed E-state index contributed by atoms with van der Waals surface area (Å²) in [4.78, 5) is 0. The first-order chi connectivity index (χ1) is 8.38. The summed E-state index contributed by atoms with van der Waals surface area (Å²) < 4.78 is 0. The van der Waals surface area contributed by atoms with Crippen LogP contribution in [-0.2, 0) is 6.42 Å². The van der Waals surface area contributed by atoms with Crippen LogP contribution in [0.4, 0.5) is 0 Å². The highest BCUT2D eigenvalue weighted by Gasteiger charge is 2.32. The molecule has 1 saturated carbocycles. The number of nitrogens with one attached hydrogen (secondary N) is 1. The molecule has 1 aromatic rings. The van der Waals surface area contributed by atoms with Crippen molar-refractivity contribution in [2.75, 3.05) is 0 Å². The van der Waals surface area contributed by atoms with Crippen LogP contribution >= 0.6 is 0 Å². The Hall–Kier alpha value is -0.860. The SMILES string of the molecule is NNC(CC1CC1)C1CCCc2ccccc21. The lowest BCUT2D eigenvalue weighted by molar-refractivity contribution is 0.364. The lowest BCUT2D eigenvalue weighted by Gasteiger charge is -2.32. The molecule has 0 heterocycles. The van der Waals surface area contributed by atoms with Gasteiger partial charge in [-0.15, -0.1) is 0 Å². The van der Waals surface area contributed by atoms with Crippen molar-refractivity contribution in [1.29, 1.82) is 0 Å². The molecule has 1 aromatic carbocycles. The first kappa shape index (κ1) is 11.2.